The summed E-state index contributed by atoms with van der Waals surface area (Å²) in [6.07, 6.45) is 17.4. The zero-order chi connectivity index (χ0) is 24.4. The molecule has 3 fully saturated rings. The van der Waals surface area contributed by atoms with Crippen molar-refractivity contribution in [2.24, 2.45) is 51.2 Å². The molecule has 0 radical (unpaired) electrons. The van der Waals surface area contributed by atoms with E-state index >= 15 is 0 Å². The van der Waals surface area contributed by atoms with Crippen LogP contribution < -0.4 is 0 Å². The molecular weight excluding hydrogens is 400 g/mol. The van der Waals surface area contributed by atoms with E-state index in [0.29, 0.717) is 21.7 Å². The normalized spacial score (nSPS) is 45.6. The van der Waals surface area contributed by atoms with Gasteiger partial charge in [-0.15, -0.1) is 0 Å². The van der Waals surface area contributed by atoms with E-state index in [2.05, 4.69) is 54.5 Å². The second-order valence-corrected chi connectivity index (χ2v) is 15.1. The Balaban J connectivity index is 1.58. The monoisotopic (exact) mass is 456 g/mol. The molecule has 4 rings (SSSR count). The molecule has 190 valence electrons. The minimum absolute atomic E-state index is 0.389. The van der Waals surface area contributed by atoms with Crippen LogP contribution in [0.5, 0.6) is 0 Å². The Labute approximate surface area is 206 Å². The van der Waals surface area contributed by atoms with Gasteiger partial charge in [0, 0.05) is 0 Å². The van der Waals surface area contributed by atoms with E-state index in [4.69, 9.17) is 0 Å². The highest BCUT2D eigenvalue weighted by atomic mass is 16.3. The fourth-order valence-electron chi connectivity index (χ4n) is 10.5. The van der Waals surface area contributed by atoms with E-state index in [0.717, 1.165) is 42.4 Å². The number of fused-ring (bicyclic) bond motifs is 5. The molecular formula is C32H56O. The SMILES string of the molecule is CC[C@H]1CCC2C(=CCC3[C@@]2(C)CC[C@]2(C)C([C@H](C)CCCC(C)(C)O)CC[C@@]32C)C1(C)C. The highest BCUT2D eigenvalue weighted by Gasteiger charge is 2.67. The molecule has 0 bridgehead atoms. The molecule has 0 spiro atoms. The Hall–Kier alpha value is -0.300. The first-order chi connectivity index (χ1) is 15.2. The van der Waals surface area contributed by atoms with E-state index in [1.807, 2.05) is 19.4 Å². The molecule has 3 saturated carbocycles. The van der Waals surface area contributed by atoms with Gasteiger partial charge in [0.1, 0.15) is 0 Å². The highest BCUT2D eigenvalue weighted by Crippen LogP contribution is 2.75. The third kappa shape index (κ3) is 3.90. The Morgan fingerprint density at radius 3 is 2.33 bits per heavy atom. The summed E-state index contributed by atoms with van der Waals surface area (Å²) in [7, 11) is 0. The first-order valence-corrected chi connectivity index (χ1v) is 14.6. The lowest BCUT2D eigenvalue weighted by Gasteiger charge is -2.66. The summed E-state index contributed by atoms with van der Waals surface area (Å²) in [5.41, 5.74) is 3.17. The van der Waals surface area contributed by atoms with Crippen LogP contribution in [0.15, 0.2) is 11.6 Å². The van der Waals surface area contributed by atoms with Crippen molar-refractivity contribution in [2.75, 3.05) is 0 Å². The molecule has 0 heterocycles. The second-order valence-electron chi connectivity index (χ2n) is 15.1. The Bertz CT molecular complexity index is 755. The molecule has 33 heavy (non-hydrogen) atoms. The average molecular weight is 457 g/mol. The van der Waals surface area contributed by atoms with Crippen molar-refractivity contribution in [2.45, 2.75) is 139 Å². The van der Waals surface area contributed by atoms with Gasteiger partial charge in [-0.3, -0.25) is 0 Å². The summed E-state index contributed by atoms with van der Waals surface area (Å²) >= 11 is 0. The summed E-state index contributed by atoms with van der Waals surface area (Å²) in [4.78, 5) is 0. The van der Waals surface area contributed by atoms with Gasteiger partial charge < -0.3 is 5.11 Å². The van der Waals surface area contributed by atoms with E-state index in [-0.39, 0.29) is 0 Å². The summed E-state index contributed by atoms with van der Waals surface area (Å²) < 4.78 is 0. The Morgan fingerprint density at radius 1 is 1.00 bits per heavy atom. The molecule has 0 aliphatic heterocycles. The minimum atomic E-state index is -0.517. The number of aliphatic hydroxyl groups is 1. The third-order valence-electron chi connectivity index (χ3n) is 12.8. The van der Waals surface area contributed by atoms with Crippen LogP contribution in [0, 0.1) is 51.2 Å². The van der Waals surface area contributed by atoms with E-state index in [1.165, 1.54) is 57.8 Å². The number of allylic oxidation sites excluding steroid dienone is 2. The van der Waals surface area contributed by atoms with Gasteiger partial charge >= 0.3 is 0 Å². The maximum atomic E-state index is 10.2. The Kier molecular flexibility index (Phi) is 6.55. The minimum Gasteiger partial charge on any atom is -0.390 e. The number of hydrogen-bond donors (Lipinski definition) is 1. The predicted molar refractivity (Wildman–Crippen MR) is 142 cm³/mol. The zero-order valence-corrected chi connectivity index (χ0v) is 23.7. The van der Waals surface area contributed by atoms with Crippen LogP contribution in [0.25, 0.3) is 0 Å². The van der Waals surface area contributed by atoms with Crippen molar-refractivity contribution in [3.05, 3.63) is 11.6 Å². The maximum Gasteiger partial charge on any atom is 0.0591 e. The molecule has 0 aromatic carbocycles. The van der Waals surface area contributed by atoms with Crippen LogP contribution in [0.2, 0.25) is 0 Å². The first kappa shape index (κ1) is 25.8. The summed E-state index contributed by atoms with van der Waals surface area (Å²) in [6, 6.07) is 0. The van der Waals surface area contributed by atoms with Gasteiger partial charge in [-0.2, -0.15) is 0 Å². The number of hydrogen-bond acceptors (Lipinski definition) is 1. The van der Waals surface area contributed by atoms with Crippen LogP contribution in [0.4, 0.5) is 0 Å². The lowest BCUT2D eigenvalue weighted by molar-refractivity contribution is -0.142. The van der Waals surface area contributed by atoms with Crippen molar-refractivity contribution in [3.63, 3.8) is 0 Å². The molecule has 1 nitrogen and oxygen atoms in total. The van der Waals surface area contributed by atoms with Crippen LogP contribution in [-0.4, -0.2) is 10.7 Å². The van der Waals surface area contributed by atoms with Gasteiger partial charge in [-0.25, -0.2) is 0 Å². The van der Waals surface area contributed by atoms with E-state index in [1.54, 1.807) is 0 Å². The molecule has 0 saturated heterocycles. The zero-order valence-electron chi connectivity index (χ0n) is 23.7. The lowest BCUT2D eigenvalue weighted by atomic mass is 9.38. The molecule has 4 aliphatic carbocycles. The maximum absolute atomic E-state index is 10.2. The fraction of sp³-hybridized carbons (Fsp3) is 0.938. The first-order valence-electron chi connectivity index (χ1n) is 14.6. The lowest BCUT2D eigenvalue weighted by Crippen LogP contribution is -2.58. The molecule has 1 heteroatoms. The van der Waals surface area contributed by atoms with Crippen molar-refractivity contribution in [3.8, 4) is 0 Å². The summed E-state index contributed by atoms with van der Waals surface area (Å²) in [6.45, 7) is 22.2. The molecule has 0 aromatic rings. The van der Waals surface area contributed by atoms with Gasteiger partial charge in [-0.1, -0.05) is 79.4 Å². The van der Waals surface area contributed by atoms with Gasteiger partial charge in [0.15, 0.2) is 0 Å². The summed E-state index contributed by atoms with van der Waals surface area (Å²) in [5.74, 6) is 4.16. The molecule has 1 N–H and O–H groups in total. The predicted octanol–water partition coefficient (Wildman–Crippen LogP) is 9.20. The molecule has 3 unspecified atom stereocenters. The topological polar surface area (TPSA) is 20.2 Å². The third-order valence-corrected chi connectivity index (χ3v) is 12.8. The number of rotatable bonds is 6. The average Bonchev–Trinajstić information content (AvgIpc) is 2.98. The van der Waals surface area contributed by atoms with E-state index in [9.17, 15) is 5.11 Å². The van der Waals surface area contributed by atoms with Crippen LogP contribution in [-0.2, 0) is 0 Å². The Morgan fingerprint density at radius 2 is 1.70 bits per heavy atom. The molecule has 0 amide bonds. The largest absolute Gasteiger partial charge is 0.390 e. The molecule has 0 aromatic heterocycles. The fourth-order valence-corrected chi connectivity index (χ4v) is 10.5. The van der Waals surface area contributed by atoms with Gasteiger partial charge in [-0.05, 0) is 116 Å². The smallest absolute Gasteiger partial charge is 0.0591 e. The van der Waals surface area contributed by atoms with Gasteiger partial charge in [0.25, 0.3) is 0 Å². The molecule has 4 aliphatic rings. The van der Waals surface area contributed by atoms with Crippen LogP contribution in [0.1, 0.15) is 133 Å². The van der Waals surface area contributed by atoms with Crippen molar-refractivity contribution >= 4 is 0 Å². The second kappa shape index (κ2) is 8.38. The standard InChI is InChI=1S/C32H56O/c1-10-23-13-14-26-25(29(23,5)6)15-16-27-30(26,7)20-21-31(8)24(17-19-32(27,31)9)22(2)12-11-18-28(3,4)33/h15,22-24,26-27,33H,10-14,16-21H2,1-9H3/t22-,23+,24?,26?,27?,30+,31-,32+/m1/s1. The summed E-state index contributed by atoms with van der Waals surface area (Å²) in [5, 5.41) is 10.2. The van der Waals surface area contributed by atoms with Gasteiger partial charge in [0.05, 0.1) is 5.60 Å². The van der Waals surface area contributed by atoms with Gasteiger partial charge in [0.2, 0.25) is 0 Å². The van der Waals surface area contributed by atoms with E-state index < -0.39 is 5.60 Å². The van der Waals surface area contributed by atoms with Crippen molar-refractivity contribution in [1.82, 2.24) is 0 Å². The molecule has 8 atom stereocenters. The van der Waals surface area contributed by atoms with Crippen molar-refractivity contribution in [1.29, 1.82) is 0 Å². The van der Waals surface area contributed by atoms with Crippen molar-refractivity contribution < 1.29 is 5.11 Å². The highest BCUT2D eigenvalue weighted by molar-refractivity contribution is 5.30. The van der Waals surface area contributed by atoms with Crippen LogP contribution in [0.3, 0.4) is 0 Å². The quantitative estimate of drug-likeness (QED) is 0.395. The van der Waals surface area contributed by atoms with Crippen LogP contribution >= 0.6 is 0 Å².